The second-order valence-electron chi connectivity index (χ2n) is 9.38. The van der Waals surface area contributed by atoms with E-state index in [2.05, 4.69) is 51.6 Å². The quantitative estimate of drug-likeness (QED) is 0.334. The van der Waals surface area contributed by atoms with Crippen molar-refractivity contribution < 1.29 is 14.1 Å². The van der Waals surface area contributed by atoms with Gasteiger partial charge in [-0.1, -0.05) is 65.8 Å². The van der Waals surface area contributed by atoms with E-state index in [9.17, 15) is 9.59 Å². The number of rotatable bonds is 6. The predicted molar refractivity (Wildman–Crippen MR) is 149 cm³/mol. The van der Waals surface area contributed by atoms with Crippen LogP contribution in [-0.2, 0) is 17.8 Å². The minimum atomic E-state index is -0.690. The van der Waals surface area contributed by atoms with Gasteiger partial charge >= 0.3 is 0 Å². The van der Waals surface area contributed by atoms with E-state index in [0.29, 0.717) is 17.9 Å². The molecule has 5 aromatic rings. The summed E-state index contributed by atoms with van der Waals surface area (Å²) in [6, 6.07) is 27.4. The number of anilines is 1. The van der Waals surface area contributed by atoms with E-state index >= 15 is 0 Å². The lowest BCUT2D eigenvalue weighted by molar-refractivity contribution is -0.119. The number of hydrogen-bond acceptors (Lipinski definition) is 5. The van der Waals surface area contributed by atoms with Crippen molar-refractivity contribution in [3.63, 3.8) is 0 Å². The number of nitrogens with zero attached hydrogens (tertiary/aromatic N) is 3. The predicted octanol–water partition coefficient (Wildman–Crippen LogP) is 5.14. The average Bonchev–Trinajstić information content (AvgIpc) is 3.55. The molecule has 0 saturated heterocycles. The molecule has 0 bridgehead atoms. The van der Waals surface area contributed by atoms with Gasteiger partial charge in [-0.25, -0.2) is 0 Å². The first-order valence-corrected chi connectivity index (χ1v) is 13.4. The van der Waals surface area contributed by atoms with Crippen molar-refractivity contribution in [1.82, 2.24) is 15.0 Å². The van der Waals surface area contributed by atoms with Crippen molar-refractivity contribution in [2.24, 2.45) is 0 Å². The highest BCUT2D eigenvalue weighted by Crippen LogP contribution is 2.37. The number of carbonyl (C=O) groups is 2. The summed E-state index contributed by atoms with van der Waals surface area (Å²) in [5.74, 6) is 0.420. The number of nitrogens with one attached hydrogen (secondary N) is 1. The van der Waals surface area contributed by atoms with E-state index in [4.69, 9.17) is 4.52 Å². The molecule has 38 heavy (non-hydrogen) atoms. The third-order valence-electron chi connectivity index (χ3n) is 6.76. The van der Waals surface area contributed by atoms with Crippen LogP contribution in [0.4, 0.5) is 5.69 Å². The summed E-state index contributed by atoms with van der Waals surface area (Å²) in [5, 5.41) is 7.87. The highest BCUT2D eigenvalue weighted by atomic mass is 32.2. The van der Waals surface area contributed by atoms with Gasteiger partial charge in [0.1, 0.15) is 11.8 Å². The van der Waals surface area contributed by atoms with Crippen LogP contribution in [0.25, 0.3) is 10.9 Å². The molecular formula is C30H26N4O3S. The Bertz CT molecular complexity index is 1610. The molecule has 3 aromatic carbocycles. The van der Waals surface area contributed by atoms with Gasteiger partial charge in [-0.15, -0.1) is 11.8 Å². The molecule has 1 aliphatic heterocycles. The van der Waals surface area contributed by atoms with Crippen molar-refractivity contribution in [3.05, 3.63) is 114 Å². The van der Waals surface area contributed by atoms with Crippen LogP contribution < -0.4 is 10.2 Å². The fourth-order valence-corrected chi connectivity index (χ4v) is 5.85. The topological polar surface area (TPSA) is 80.4 Å². The van der Waals surface area contributed by atoms with Crippen LogP contribution in [0.2, 0.25) is 0 Å². The lowest BCUT2D eigenvalue weighted by Gasteiger charge is -2.21. The molecule has 3 heterocycles. The summed E-state index contributed by atoms with van der Waals surface area (Å²) in [5.41, 5.74) is 4.40. The number of fused-ring (bicyclic) bond motifs is 2. The fourth-order valence-electron chi connectivity index (χ4n) is 4.74. The van der Waals surface area contributed by atoms with E-state index in [1.165, 1.54) is 5.56 Å². The summed E-state index contributed by atoms with van der Waals surface area (Å²) < 4.78 is 7.59. The average molecular weight is 523 g/mol. The first kappa shape index (κ1) is 24.1. The van der Waals surface area contributed by atoms with E-state index in [1.807, 2.05) is 48.5 Å². The van der Waals surface area contributed by atoms with Crippen molar-refractivity contribution in [3.8, 4) is 0 Å². The van der Waals surface area contributed by atoms with Gasteiger partial charge < -0.3 is 19.3 Å². The largest absolute Gasteiger partial charge is 0.360 e. The zero-order valence-electron chi connectivity index (χ0n) is 20.8. The summed E-state index contributed by atoms with van der Waals surface area (Å²) in [7, 11) is 1.76. The Hall–Kier alpha value is -4.30. The molecule has 8 heteroatoms. The van der Waals surface area contributed by atoms with Crippen LogP contribution in [0.1, 0.15) is 27.4 Å². The molecule has 190 valence electrons. The Morgan fingerprint density at radius 2 is 1.76 bits per heavy atom. The van der Waals surface area contributed by atoms with Crippen LogP contribution >= 0.6 is 11.8 Å². The van der Waals surface area contributed by atoms with Crippen molar-refractivity contribution in [2.75, 3.05) is 17.7 Å². The number of amides is 2. The minimum absolute atomic E-state index is 0.166. The standard InChI is InChI=1S/C30H26N4O3S/c1-33-27-15-22-12-13-34(18-21-10-6-3-7-11-21)26(22)17-28(27)38-19-25(30(33)36)31-29(35)24-16-23(37-32-24)14-20-8-4-2-5-9-20/h2-13,15-17,25H,14,18-19H2,1H3,(H,31,35)/t25-/m0/s1. The SMILES string of the molecule is CN1C(=O)[C@@H](NC(=O)c2cc(Cc3ccccc3)on2)CSc2cc3c(ccn3Cc3ccccc3)cc21. The fraction of sp³-hybridized carbons (Fsp3) is 0.167. The molecular weight excluding hydrogens is 496 g/mol. The normalized spacial score (nSPS) is 15.3. The smallest absolute Gasteiger partial charge is 0.274 e. The summed E-state index contributed by atoms with van der Waals surface area (Å²) in [6.45, 7) is 0.769. The Morgan fingerprint density at radius 1 is 1.03 bits per heavy atom. The number of carbonyl (C=O) groups excluding carboxylic acids is 2. The van der Waals surface area contributed by atoms with E-state index in [1.54, 1.807) is 29.8 Å². The number of hydrogen-bond donors (Lipinski definition) is 1. The Morgan fingerprint density at radius 3 is 2.53 bits per heavy atom. The molecule has 1 aliphatic rings. The Kier molecular flexibility index (Phi) is 6.47. The zero-order chi connectivity index (χ0) is 26.1. The first-order chi connectivity index (χ1) is 18.5. The maximum absolute atomic E-state index is 13.4. The monoisotopic (exact) mass is 522 g/mol. The van der Waals surface area contributed by atoms with Gasteiger partial charge in [0, 0.05) is 53.8 Å². The van der Waals surface area contributed by atoms with Crippen molar-refractivity contribution in [1.29, 1.82) is 0 Å². The van der Waals surface area contributed by atoms with Crippen molar-refractivity contribution in [2.45, 2.75) is 23.9 Å². The highest BCUT2D eigenvalue weighted by molar-refractivity contribution is 7.99. The summed E-state index contributed by atoms with van der Waals surface area (Å²) in [6.07, 6.45) is 2.62. The third-order valence-corrected chi connectivity index (χ3v) is 7.90. The number of thioether (sulfide) groups is 1. The van der Waals surface area contributed by atoms with Crippen LogP contribution in [0.3, 0.4) is 0 Å². The minimum Gasteiger partial charge on any atom is -0.360 e. The van der Waals surface area contributed by atoms with Gasteiger partial charge in [0.15, 0.2) is 5.69 Å². The maximum Gasteiger partial charge on any atom is 0.274 e. The molecule has 0 radical (unpaired) electrons. The number of benzene rings is 3. The Balaban J connectivity index is 1.18. The van der Waals surface area contributed by atoms with Crippen molar-refractivity contribution >= 4 is 40.2 Å². The molecule has 2 aromatic heterocycles. The molecule has 0 fully saturated rings. The van der Waals surface area contributed by atoms with Crippen LogP contribution in [0.5, 0.6) is 0 Å². The van der Waals surface area contributed by atoms with Gasteiger partial charge in [-0.05, 0) is 29.3 Å². The highest BCUT2D eigenvalue weighted by Gasteiger charge is 2.31. The molecule has 0 spiro atoms. The van der Waals surface area contributed by atoms with E-state index < -0.39 is 11.9 Å². The van der Waals surface area contributed by atoms with Crippen LogP contribution in [0.15, 0.2) is 101 Å². The first-order valence-electron chi connectivity index (χ1n) is 12.4. The summed E-state index contributed by atoms with van der Waals surface area (Å²) >= 11 is 1.57. The van der Waals surface area contributed by atoms with Crippen LogP contribution in [-0.4, -0.2) is 40.4 Å². The maximum atomic E-state index is 13.4. The molecule has 6 rings (SSSR count). The second-order valence-corrected chi connectivity index (χ2v) is 10.4. The van der Waals surface area contributed by atoms with Gasteiger partial charge in [0.25, 0.3) is 5.91 Å². The summed E-state index contributed by atoms with van der Waals surface area (Å²) in [4.78, 5) is 29.0. The third kappa shape index (κ3) is 4.82. The lowest BCUT2D eigenvalue weighted by atomic mass is 10.1. The lowest BCUT2D eigenvalue weighted by Crippen LogP contribution is -2.48. The van der Waals surface area contributed by atoms with Crippen LogP contribution in [0, 0.1) is 0 Å². The molecule has 1 atom stereocenters. The molecule has 2 amide bonds. The zero-order valence-corrected chi connectivity index (χ0v) is 21.7. The molecule has 0 saturated carbocycles. The number of likely N-dealkylation sites (N-methyl/N-ethyl adjacent to an activating group) is 1. The van der Waals surface area contributed by atoms with Gasteiger partial charge in [-0.2, -0.15) is 0 Å². The Labute approximate surface area is 224 Å². The molecule has 7 nitrogen and oxygen atoms in total. The van der Waals surface area contributed by atoms with Gasteiger partial charge in [-0.3, -0.25) is 9.59 Å². The van der Waals surface area contributed by atoms with Gasteiger partial charge in [0.05, 0.1) is 5.69 Å². The second kappa shape index (κ2) is 10.2. The molecule has 0 unspecified atom stereocenters. The van der Waals surface area contributed by atoms with E-state index in [0.717, 1.165) is 33.6 Å². The van der Waals surface area contributed by atoms with Gasteiger partial charge in [0.2, 0.25) is 5.91 Å². The van der Waals surface area contributed by atoms with E-state index in [-0.39, 0.29) is 11.6 Å². The molecule has 1 N–H and O–H groups in total. The molecule has 0 aliphatic carbocycles. The number of aromatic nitrogens is 2.